The maximum absolute atomic E-state index is 13.5. The lowest BCUT2D eigenvalue weighted by atomic mass is 10.0. The molecule has 1 N–H and O–H groups in total. The molecule has 0 bridgehead atoms. The first-order valence-corrected chi connectivity index (χ1v) is 6.14. The highest BCUT2D eigenvalue weighted by molar-refractivity contribution is 9.10. The summed E-state index contributed by atoms with van der Waals surface area (Å²) in [6.07, 6.45) is 0.413. The molecule has 1 aromatic carbocycles. The van der Waals surface area contributed by atoms with E-state index in [1.54, 1.807) is 13.8 Å². The summed E-state index contributed by atoms with van der Waals surface area (Å²) in [4.78, 5) is 11.9. The van der Waals surface area contributed by atoms with Crippen molar-refractivity contribution in [2.45, 2.75) is 25.9 Å². The number of methoxy groups -OCH3 is 1. The molecule has 0 spiro atoms. The molecule has 0 aliphatic rings. The van der Waals surface area contributed by atoms with Crippen molar-refractivity contribution in [2.75, 3.05) is 12.4 Å². The van der Waals surface area contributed by atoms with Gasteiger partial charge in [-0.25, -0.2) is 8.78 Å². The van der Waals surface area contributed by atoms with Gasteiger partial charge >= 0.3 is 0 Å². The Balaban J connectivity index is 2.98. The third-order valence-electron chi connectivity index (χ3n) is 2.86. The summed E-state index contributed by atoms with van der Waals surface area (Å²) in [5.41, 5.74) is -1.28. The third kappa shape index (κ3) is 3.05. The Hall–Kier alpha value is -1.01. The molecule has 6 heteroatoms. The second-order valence-electron chi connectivity index (χ2n) is 3.99. The van der Waals surface area contributed by atoms with E-state index in [1.165, 1.54) is 7.11 Å². The lowest BCUT2D eigenvalue weighted by Gasteiger charge is -2.25. The van der Waals surface area contributed by atoms with Crippen molar-refractivity contribution < 1.29 is 18.3 Å². The Bertz CT molecular complexity index is 462. The highest BCUT2D eigenvalue weighted by Gasteiger charge is 2.31. The van der Waals surface area contributed by atoms with Gasteiger partial charge in [0.05, 0.1) is 10.2 Å². The molecule has 0 aliphatic carbocycles. The van der Waals surface area contributed by atoms with Gasteiger partial charge in [0.25, 0.3) is 5.91 Å². The molecule has 0 saturated heterocycles. The summed E-state index contributed by atoms with van der Waals surface area (Å²) < 4.78 is 31.9. The fourth-order valence-corrected chi connectivity index (χ4v) is 1.59. The van der Waals surface area contributed by atoms with Crippen LogP contribution in [0.5, 0.6) is 0 Å². The number of anilines is 1. The summed E-state index contributed by atoms with van der Waals surface area (Å²) in [5, 5.41) is 2.32. The molecule has 1 aromatic rings. The maximum atomic E-state index is 13.5. The van der Waals surface area contributed by atoms with Crippen LogP contribution in [0.3, 0.4) is 0 Å². The Morgan fingerprint density at radius 1 is 1.44 bits per heavy atom. The zero-order valence-corrected chi connectivity index (χ0v) is 11.9. The average Bonchev–Trinajstić information content (AvgIpc) is 2.34. The first-order valence-electron chi connectivity index (χ1n) is 5.35. The summed E-state index contributed by atoms with van der Waals surface area (Å²) in [5.74, 6) is -1.89. The molecular formula is C12H14BrF2NO2. The number of ether oxygens (including phenoxy) is 1. The summed E-state index contributed by atoms with van der Waals surface area (Å²) >= 11 is 2.86. The first kappa shape index (κ1) is 15.0. The van der Waals surface area contributed by atoms with Crippen molar-refractivity contribution in [1.82, 2.24) is 0 Å². The lowest BCUT2D eigenvalue weighted by Crippen LogP contribution is -2.41. The lowest BCUT2D eigenvalue weighted by molar-refractivity contribution is -0.136. The SMILES string of the molecule is CCC(C)(OC)C(=O)Nc1cc(F)c(Br)cc1F. The van der Waals surface area contributed by atoms with Crippen molar-refractivity contribution in [3.05, 3.63) is 28.2 Å². The molecule has 3 nitrogen and oxygen atoms in total. The van der Waals surface area contributed by atoms with E-state index in [-0.39, 0.29) is 10.2 Å². The average molecular weight is 322 g/mol. The van der Waals surface area contributed by atoms with Crippen molar-refractivity contribution in [3.63, 3.8) is 0 Å². The van der Waals surface area contributed by atoms with Gasteiger partial charge in [0, 0.05) is 13.2 Å². The molecule has 1 amide bonds. The fraction of sp³-hybridized carbons (Fsp3) is 0.417. The first-order chi connectivity index (χ1) is 8.34. The highest BCUT2D eigenvalue weighted by atomic mass is 79.9. The topological polar surface area (TPSA) is 38.3 Å². The normalized spacial score (nSPS) is 14.1. The number of carbonyl (C=O) groups excluding carboxylic acids is 1. The molecule has 100 valence electrons. The molecule has 1 atom stereocenters. The molecular weight excluding hydrogens is 308 g/mol. The van der Waals surface area contributed by atoms with Gasteiger partial charge in [0.1, 0.15) is 17.2 Å². The number of halogens is 3. The van der Waals surface area contributed by atoms with E-state index >= 15 is 0 Å². The van der Waals surface area contributed by atoms with E-state index in [2.05, 4.69) is 21.2 Å². The number of carbonyl (C=O) groups is 1. The van der Waals surface area contributed by atoms with Crippen LogP contribution >= 0.6 is 15.9 Å². The van der Waals surface area contributed by atoms with E-state index in [0.717, 1.165) is 12.1 Å². The largest absolute Gasteiger partial charge is 0.369 e. The maximum Gasteiger partial charge on any atom is 0.256 e. The van der Waals surface area contributed by atoms with E-state index in [9.17, 15) is 13.6 Å². The minimum Gasteiger partial charge on any atom is -0.369 e. The number of nitrogens with one attached hydrogen (secondary N) is 1. The highest BCUT2D eigenvalue weighted by Crippen LogP contribution is 2.25. The van der Waals surface area contributed by atoms with Crippen LogP contribution in [0.4, 0.5) is 14.5 Å². The minimum absolute atomic E-state index is 0.00277. The second-order valence-corrected chi connectivity index (χ2v) is 4.84. The fourth-order valence-electron chi connectivity index (χ4n) is 1.27. The number of rotatable bonds is 4. The Labute approximate surface area is 113 Å². The second kappa shape index (κ2) is 5.75. The zero-order chi connectivity index (χ0) is 13.9. The van der Waals surface area contributed by atoms with Crippen LogP contribution in [0.2, 0.25) is 0 Å². The Kier molecular flexibility index (Phi) is 4.81. The molecule has 18 heavy (non-hydrogen) atoms. The van der Waals surface area contributed by atoms with Crippen molar-refractivity contribution in [1.29, 1.82) is 0 Å². The molecule has 0 aliphatic heterocycles. The number of hydrogen-bond acceptors (Lipinski definition) is 2. The van der Waals surface area contributed by atoms with Crippen molar-refractivity contribution in [3.8, 4) is 0 Å². The van der Waals surface area contributed by atoms with Crippen LogP contribution in [-0.4, -0.2) is 18.6 Å². The van der Waals surface area contributed by atoms with Crippen LogP contribution < -0.4 is 5.32 Å². The van der Waals surface area contributed by atoms with Crippen LogP contribution in [-0.2, 0) is 9.53 Å². The van der Waals surface area contributed by atoms with Gasteiger partial charge in [-0.1, -0.05) is 6.92 Å². The zero-order valence-electron chi connectivity index (χ0n) is 10.3. The minimum atomic E-state index is -1.07. The van der Waals surface area contributed by atoms with Crippen molar-refractivity contribution >= 4 is 27.5 Å². The molecule has 0 fully saturated rings. The molecule has 1 rings (SSSR count). The van der Waals surface area contributed by atoms with Gasteiger partial charge in [-0.05, 0) is 35.3 Å². The van der Waals surface area contributed by atoms with Crippen molar-refractivity contribution in [2.24, 2.45) is 0 Å². The molecule has 0 radical (unpaired) electrons. The number of hydrogen-bond donors (Lipinski definition) is 1. The Morgan fingerprint density at radius 3 is 2.56 bits per heavy atom. The monoisotopic (exact) mass is 321 g/mol. The van der Waals surface area contributed by atoms with Gasteiger partial charge in [-0.15, -0.1) is 0 Å². The van der Waals surface area contributed by atoms with E-state index in [4.69, 9.17) is 4.74 Å². The van der Waals surface area contributed by atoms with Crippen LogP contribution in [0.1, 0.15) is 20.3 Å². The smallest absolute Gasteiger partial charge is 0.256 e. The third-order valence-corrected chi connectivity index (χ3v) is 3.47. The quantitative estimate of drug-likeness (QED) is 0.862. The predicted octanol–water partition coefficient (Wildman–Crippen LogP) is 3.48. The Morgan fingerprint density at radius 2 is 2.06 bits per heavy atom. The summed E-state index contributed by atoms with van der Waals surface area (Å²) in [7, 11) is 1.39. The summed E-state index contributed by atoms with van der Waals surface area (Å²) in [6.45, 7) is 3.34. The van der Waals surface area contributed by atoms with Crippen LogP contribution in [0.25, 0.3) is 0 Å². The van der Waals surface area contributed by atoms with Gasteiger partial charge in [0.15, 0.2) is 0 Å². The molecule has 0 saturated carbocycles. The number of amides is 1. The predicted molar refractivity (Wildman–Crippen MR) is 68.4 cm³/mol. The van der Waals surface area contributed by atoms with E-state index < -0.39 is 23.1 Å². The van der Waals surface area contributed by atoms with Gasteiger partial charge in [-0.2, -0.15) is 0 Å². The molecule has 0 aromatic heterocycles. The summed E-state index contributed by atoms with van der Waals surface area (Å²) in [6, 6.07) is 1.88. The van der Waals surface area contributed by atoms with Gasteiger partial charge in [0.2, 0.25) is 0 Å². The molecule has 1 unspecified atom stereocenters. The van der Waals surface area contributed by atoms with Gasteiger partial charge in [-0.3, -0.25) is 4.79 Å². The van der Waals surface area contributed by atoms with Crippen LogP contribution in [0, 0.1) is 11.6 Å². The molecule has 0 heterocycles. The number of benzene rings is 1. The van der Waals surface area contributed by atoms with Gasteiger partial charge < -0.3 is 10.1 Å². The van der Waals surface area contributed by atoms with E-state index in [0.29, 0.717) is 6.42 Å². The van der Waals surface area contributed by atoms with E-state index in [1.807, 2.05) is 0 Å². The van der Waals surface area contributed by atoms with Crippen LogP contribution in [0.15, 0.2) is 16.6 Å². The standard InChI is InChI=1S/C12H14BrF2NO2/c1-4-12(2,18-3)11(17)16-10-6-8(14)7(13)5-9(10)15/h5-6H,4H2,1-3H3,(H,16,17).